The smallest absolute Gasteiger partial charge is 0.204 e. The number of rotatable bonds is 4. The van der Waals surface area contributed by atoms with Crippen molar-refractivity contribution in [3.8, 4) is 34.1 Å². The number of hydrogen-bond acceptors (Lipinski definition) is 7. The molecule has 32 heavy (non-hydrogen) atoms. The molecule has 2 heterocycles. The summed E-state index contributed by atoms with van der Waals surface area (Å²) < 4.78 is 11.4. The van der Waals surface area contributed by atoms with E-state index in [1.165, 1.54) is 18.4 Å². The minimum Gasteiger partial charge on any atom is -0.507 e. The van der Waals surface area contributed by atoms with Crippen molar-refractivity contribution in [2.75, 3.05) is 0 Å². The molecule has 166 valence electrons. The maximum absolute atomic E-state index is 13.3. The van der Waals surface area contributed by atoms with Crippen molar-refractivity contribution < 1.29 is 29.6 Å². The van der Waals surface area contributed by atoms with Gasteiger partial charge in [-0.1, -0.05) is 18.2 Å². The molecule has 2 aromatic carbocycles. The molecule has 0 saturated carbocycles. The molecule has 0 fully saturated rings. The number of benzene rings is 2. The summed E-state index contributed by atoms with van der Waals surface area (Å²) >= 11 is 0. The van der Waals surface area contributed by atoms with E-state index in [1.807, 2.05) is 26.0 Å². The van der Waals surface area contributed by atoms with E-state index in [9.17, 15) is 25.2 Å². The molecule has 0 spiro atoms. The van der Waals surface area contributed by atoms with Gasteiger partial charge >= 0.3 is 0 Å². The van der Waals surface area contributed by atoms with E-state index in [-0.39, 0.29) is 45.6 Å². The fraction of sp³-hybridized carbons (Fsp3) is 0.240. The Morgan fingerprint density at radius 1 is 1.12 bits per heavy atom. The Labute approximate surface area is 184 Å². The zero-order valence-electron chi connectivity index (χ0n) is 18.0. The first-order chi connectivity index (χ1) is 15.0. The van der Waals surface area contributed by atoms with Crippen LogP contribution in [0.4, 0.5) is 0 Å². The van der Waals surface area contributed by atoms with E-state index in [4.69, 9.17) is 9.15 Å². The topological polar surface area (TPSA) is 120 Å². The first-order valence-corrected chi connectivity index (χ1v) is 10.1. The first kappa shape index (κ1) is 21.5. The summed E-state index contributed by atoms with van der Waals surface area (Å²) in [6.45, 7) is 9.05. The van der Waals surface area contributed by atoms with Gasteiger partial charge in [0.1, 0.15) is 45.8 Å². The van der Waals surface area contributed by atoms with Crippen molar-refractivity contribution in [1.29, 1.82) is 0 Å². The fourth-order valence-corrected chi connectivity index (χ4v) is 3.68. The number of ether oxygens (including phenoxy) is 1. The molecule has 0 unspecified atom stereocenters. The first-order valence-electron chi connectivity index (χ1n) is 10.1. The highest BCUT2D eigenvalue weighted by Crippen LogP contribution is 2.41. The van der Waals surface area contributed by atoms with Gasteiger partial charge in [0, 0.05) is 35.2 Å². The zero-order valence-corrected chi connectivity index (χ0v) is 18.0. The number of phenolic OH excluding ortho intramolecular Hbond substituents is 3. The third kappa shape index (κ3) is 3.61. The number of aliphatic hydroxyl groups excluding tert-OH is 1. The molecule has 0 radical (unpaired) electrons. The van der Waals surface area contributed by atoms with Gasteiger partial charge in [0.05, 0.1) is 11.7 Å². The Balaban J connectivity index is 1.90. The van der Waals surface area contributed by atoms with Crippen LogP contribution < -0.4 is 10.2 Å². The Bertz CT molecular complexity index is 1340. The summed E-state index contributed by atoms with van der Waals surface area (Å²) in [7, 11) is 0. The van der Waals surface area contributed by atoms with Crippen molar-refractivity contribution in [2.45, 2.75) is 38.9 Å². The fourth-order valence-electron chi connectivity index (χ4n) is 3.68. The number of phenols is 3. The predicted molar refractivity (Wildman–Crippen MR) is 121 cm³/mol. The van der Waals surface area contributed by atoms with E-state index in [0.29, 0.717) is 16.9 Å². The molecule has 1 atom stereocenters. The third-order valence-electron chi connectivity index (χ3n) is 5.54. The van der Waals surface area contributed by atoms with Gasteiger partial charge in [-0.25, -0.2) is 0 Å². The van der Waals surface area contributed by atoms with Crippen LogP contribution in [-0.2, 0) is 6.42 Å². The monoisotopic (exact) mass is 436 g/mol. The molecule has 7 nitrogen and oxygen atoms in total. The molecule has 0 aliphatic carbocycles. The van der Waals surface area contributed by atoms with Crippen molar-refractivity contribution in [2.24, 2.45) is 0 Å². The van der Waals surface area contributed by atoms with Gasteiger partial charge in [-0.05, 0) is 32.9 Å². The summed E-state index contributed by atoms with van der Waals surface area (Å²) in [4.78, 5) is 13.3. The Kier molecular flexibility index (Phi) is 5.02. The van der Waals surface area contributed by atoms with Crippen LogP contribution in [0, 0.1) is 0 Å². The van der Waals surface area contributed by atoms with Crippen LogP contribution in [0.25, 0.3) is 28.2 Å². The van der Waals surface area contributed by atoms with Crippen LogP contribution in [-0.4, -0.2) is 32.1 Å². The highest BCUT2D eigenvalue weighted by atomic mass is 16.5. The van der Waals surface area contributed by atoms with Crippen molar-refractivity contribution in [3.63, 3.8) is 0 Å². The second-order valence-corrected chi connectivity index (χ2v) is 8.59. The van der Waals surface area contributed by atoms with Gasteiger partial charge in [-0.3, -0.25) is 4.79 Å². The Morgan fingerprint density at radius 3 is 2.53 bits per heavy atom. The van der Waals surface area contributed by atoms with Crippen LogP contribution in [0.1, 0.15) is 31.9 Å². The average Bonchev–Trinajstić information content (AvgIpc) is 2.70. The number of aliphatic hydroxyl groups is 1. The standard InChI is InChI=1S/C25H24O7/c1-12(2)17(26)8-15-19(28)10-21-22(23(15)29)24(30)16(11-31-21)14-7-13-5-6-25(3,4)32-20(13)9-18(14)27/h5-7,9-11,17,26-29H,1,8H2,2-4H3/t17-/m0/s1. The lowest BCUT2D eigenvalue weighted by molar-refractivity contribution is 0.158. The van der Waals surface area contributed by atoms with Crippen LogP contribution in [0.2, 0.25) is 0 Å². The number of hydrogen-bond donors (Lipinski definition) is 4. The highest BCUT2D eigenvalue weighted by molar-refractivity contribution is 5.90. The highest BCUT2D eigenvalue weighted by Gasteiger charge is 2.25. The van der Waals surface area contributed by atoms with Crippen LogP contribution in [0.5, 0.6) is 23.0 Å². The zero-order chi connectivity index (χ0) is 23.4. The maximum atomic E-state index is 13.3. The van der Waals surface area contributed by atoms with Crippen LogP contribution in [0.3, 0.4) is 0 Å². The third-order valence-corrected chi connectivity index (χ3v) is 5.54. The van der Waals surface area contributed by atoms with E-state index >= 15 is 0 Å². The predicted octanol–water partition coefficient (Wildman–Crippen LogP) is 4.24. The molecule has 1 aromatic heterocycles. The molecule has 3 aromatic rings. The minimum absolute atomic E-state index is 0.00526. The van der Waals surface area contributed by atoms with Crippen molar-refractivity contribution >= 4 is 17.0 Å². The lowest BCUT2D eigenvalue weighted by atomic mass is 9.96. The number of aromatic hydroxyl groups is 3. The summed E-state index contributed by atoms with van der Waals surface area (Å²) in [5, 5.41) is 41.6. The lowest BCUT2D eigenvalue weighted by Gasteiger charge is -2.28. The van der Waals surface area contributed by atoms with Gasteiger partial charge in [-0.2, -0.15) is 0 Å². The molecule has 0 saturated heterocycles. The van der Waals surface area contributed by atoms with Gasteiger partial charge in [0.2, 0.25) is 5.43 Å². The molecule has 7 heteroatoms. The van der Waals surface area contributed by atoms with E-state index in [1.54, 1.807) is 13.0 Å². The van der Waals surface area contributed by atoms with Gasteiger partial charge in [0.25, 0.3) is 0 Å². The molecule has 4 rings (SSSR count). The molecule has 0 bridgehead atoms. The van der Waals surface area contributed by atoms with E-state index in [0.717, 1.165) is 0 Å². The SMILES string of the molecule is C=C(C)[C@@H](O)Cc1c(O)cc2occ(-c3cc4c(cc3O)OC(C)(C)C=C4)c(=O)c2c1O. The second-order valence-electron chi connectivity index (χ2n) is 8.59. The normalized spacial score (nSPS) is 15.2. The second kappa shape index (κ2) is 7.46. The summed E-state index contributed by atoms with van der Waals surface area (Å²) in [5.41, 5.74) is 0.230. The van der Waals surface area contributed by atoms with Gasteiger partial charge in [0.15, 0.2) is 0 Å². The summed E-state index contributed by atoms with van der Waals surface area (Å²) in [5.74, 6) is -0.503. The minimum atomic E-state index is -1.01. The Hall–Kier alpha value is -3.71. The van der Waals surface area contributed by atoms with Crippen molar-refractivity contribution in [3.05, 3.63) is 64.0 Å². The van der Waals surface area contributed by atoms with Crippen LogP contribution >= 0.6 is 0 Å². The molecular weight excluding hydrogens is 412 g/mol. The summed E-state index contributed by atoms with van der Waals surface area (Å²) in [6.07, 6.45) is 3.74. The maximum Gasteiger partial charge on any atom is 0.204 e. The average molecular weight is 436 g/mol. The van der Waals surface area contributed by atoms with Gasteiger partial charge in [-0.15, -0.1) is 0 Å². The lowest BCUT2D eigenvalue weighted by Crippen LogP contribution is -2.27. The molecule has 0 amide bonds. The molecule has 1 aliphatic rings. The van der Waals surface area contributed by atoms with E-state index < -0.39 is 22.9 Å². The summed E-state index contributed by atoms with van der Waals surface area (Å²) in [6, 6.07) is 4.26. The quantitative estimate of drug-likeness (QED) is 0.452. The molecular formula is C25H24O7. The van der Waals surface area contributed by atoms with Crippen molar-refractivity contribution in [1.82, 2.24) is 0 Å². The van der Waals surface area contributed by atoms with Gasteiger partial charge < -0.3 is 29.6 Å². The van der Waals surface area contributed by atoms with Crippen LogP contribution in [0.15, 0.2) is 51.9 Å². The van der Waals surface area contributed by atoms with E-state index in [2.05, 4.69) is 6.58 Å². The Morgan fingerprint density at radius 2 is 1.84 bits per heavy atom. The molecule has 4 N–H and O–H groups in total. The number of fused-ring (bicyclic) bond motifs is 2. The molecule has 1 aliphatic heterocycles. The largest absolute Gasteiger partial charge is 0.507 e.